The third kappa shape index (κ3) is 1.35. The van der Waals surface area contributed by atoms with Gasteiger partial charge in [-0.25, -0.2) is 0 Å². The quantitative estimate of drug-likeness (QED) is 0.238. The van der Waals surface area contributed by atoms with Gasteiger partial charge in [0.2, 0.25) is 0 Å². The standard InChI is InChI=1S/C8H16O6/c1-3-4(9)5(10)7(2,12)6(11)8(3,13)14/h3-6,9-14H,1-2H3. The molecule has 6 heteroatoms. The molecule has 0 heterocycles. The first-order valence-electron chi connectivity index (χ1n) is 4.34. The van der Waals surface area contributed by atoms with Gasteiger partial charge in [0.05, 0.1) is 6.10 Å². The van der Waals surface area contributed by atoms with Gasteiger partial charge in [-0.05, 0) is 6.92 Å². The van der Waals surface area contributed by atoms with E-state index in [2.05, 4.69) is 0 Å². The Hall–Kier alpha value is -0.240. The van der Waals surface area contributed by atoms with Crippen molar-refractivity contribution >= 4 is 0 Å². The molecule has 0 spiro atoms. The molecular weight excluding hydrogens is 192 g/mol. The van der Waals surface area contributed by atoms with Crippen molar-refractivity contribution in [3.8, 4) is 0 Å². The smallest absolute Gasteiger partial charge is 0.197 e. The van der Waals surface area contributed by atoms with E-state index in [0.717, 1.165) is 6.92 Å². The van der Waals surface area contributed by atoms with Crippen LogP contribution in [0.4, 0.5) is 0 Å². The van der Waals surface area contributed by atoms with Gasteiger partial charge < -0.3 is 30.6 Å². The van der Waals surface area contributed by atoms with Crippen LogP contribution in [-0.4, -0.2) is 60.3 Å². The summed E-state index contributed by atoms with van der Waals surface area (Å²) in [5.74, 6) is -3.78. The van der Waals surface area contributed by atoms with Crippen LogP contribution in [0.15, 0.2) is 0 Å². The average molecular weight is 208 g/mol. The molecule has 84 valence electrons. The van der Waals surface area contributed by atoms with Crippen LogP contribution in [0.25, 0.3) is 0 Å². The van der Waals surface area contributed by atoms with Gasteiger partial charge in [-0.15, -0.1) is 0 Å². The maximum atomic E-state index is 9.56. The third-order valence-electron chi connectivity index (χ3n) is 3.06. The SMILES string of the molecule is CC1C(O)C(O)C(C)(O)C(O)C1(O)O. The molecule has 0 aliphatic heterocycles. The van der Waals surface area contributed by atoms with Crippen LogP contribution in [0.2, 0.25) is 0 Å². The molecule has 0 amide bonds. The molecule has 0 aromatic rings. The van der Waals surface area contributed by atoms with Gasteiger partial charge in [-0.1, -0.05) is 6.92 Å². The Bertz CT molecular complexity index is 204. The number of rotatable bonds is 0. The van der Waals surface area contributed by atoms with Crippen molar-refractivity contribution in [2.45, 2.75) is 43.5 Å². The van der Waals surface area contributed by atoms with Crippen LogP contribution in [0.1, 0.15) is 13.8 Å². The van der Waals surface area contributed by atoms with Gasteiger partial charge in [-0.3, -0.25) is 0 Å². The van der Waals surface area contributed by atoms with Crippen LogP contribution in [-0.2, 0) is 0 Å². The van der Waals surface area contributed by atoms with E-state index < -0.39 is 35.6 Å². The highest BCUT2D eigenvalue weighted by Crippen LogP contribution is 2.38. The molecule has 14 heavy (non-hydrogen) atoms. The summed E-state index contributed by atoms with van der Waals surface area (Å²) in [6.45, 7) is 2.28. The lowest BCUT2D eigenvalue weighted by atomic mass is 9.70. The molecule has 1 aliphatic rings. The van der Waals surface area contributed by atoms with E-state index in [1.807, 2.05) is 0 Å². The van der Waals surface area contributed by atoms with Gasteiger partial charge in [0.15, 0.2) is 5.79 Å². The minimum Gasteiger partial charge on any atom is -0.390 e. The maximum absolute atomic E-state index is 9.56. The molecule has 6 N–H and O–H groups in total. The van der Waals surface area contributed by atoms with Crippen molar-refractivity contribution in [3.63, 3.8) is 0 Å². The van der Waals surface area contributed by atoms with E-state index in [1.54, 1.807) is 0 Å². The highest BCUT2D eigenvalue weighted by molar-refractivity contribution is 5.07. The molecule has 0 radical (unpaired) electrons. The van der Waals surface area contributed by atoms with E-state index in [9.17, 15) is 30.6 Å². The van der Waals surface area contributed by atoms with E-state index in [0.29, 0.717) is 0 Å². The number of aliphatic hydroxyl groups excluding tert-OH is 3. The van der Waals surface area contributed by atoms with Crippen molar-refractivity contribution in [1.29, 1.82) is 0 Å². The first-order valence-corrected chi connectivity index (χ1v) is 4.34. The number of aliphatic hydroxyl groups is 6. The summed E-state index contributed by atoms with van der Waals surface area (Å²) in [5.41, 5.74) is -2.16. The monoisotopic (exact) mass is 208 g/mol. The summed E-state index contributed by atoms with van der Waals surface area (Å²) in [7, 11) is 0. The van der Waals surface area contributed by atoms with Crippen LogP contribution >= 0.6 is 0 Å². The molecular formula is C8H16O6. The van der Waals surface area contributed by atoms with Crippen molar-refractivity contribution in [1.82, 2.24) is 0 Å². The Morgan fingerprint density at radius 2 is 1.43 bits per heavy atom. The number of hydrogen-bond acceptors (Lipinski definition) is 6. The normalized spacial score (nSPS) is 53.1. The highest BCUT2D eigenvalue weighted by Gasteiger charge is 2.61. The molecule has 1 aliphatic carbocycles. The summed E-state index contributed by atoms with van der Waals surface area (Å²) >= 11 is 0. The van der Waals surface area contributed by atoms with Gasteiger partial charge in [0.25, 0.3) is 0 Å². The molecule has 0 aromatic carbocycles. The molecule has 6 nitrogen and oxygen atoms in total. The molecule has 0 saturated heterocycles. The minimum atomic E-state index is -2.62. The molecule has 0 aromatic heterocycles. The van der Waals surface area contributed by atoms with Gasteiger partial charge in [0.1, 0.15) is 17.8 Å². The largest absolute Gasteiger partial charge is 0.390 e. The molecule has 5 unspecified atom stereocenters. The fourth-order valence-corrected chi connectivity index (χ4v) is 1.71. The van der Waals surface area contributed by atoms with Gasteiger partial charge in [-0.2, -0.15) is 0 Å². The molecule has 1 rings (SSSR count). The zero-order chi connectivity index (χ0) is 11.3. The summed E-state index contributed by atoms with van der Waals surface area (Å²) in [5, 5.41) is 56.6. The Balaban J connectivity index is 3.09. The zero-order valence-corrected chi connectivity index (χ0v) is 7.99. The fourth-order valence-electron chi connectivity index (χ4n) is 1.71. The Labute approximate surface area is 81.1 Å². The summed E-state index contributed by atoms with van der Waals surface area (Å²) < 4.78 is 0. The lowest BCUT2D eigenvalue weighted by Crippen LogP contribution is -2.72. The fraction of sp³-hybridized carbons (Fsp3) is 1.00. The molecule has 1 fully saturated rings. The van der Waals surface area contributed by atoms with E-state index in [-0.39, 0.29) is 0 Å². The maximum Gasteiger partial charge on any atom is 0.197 e. The van der Waals surface area contributed by atoms with Crippen molar-refractivity contribution in [3.05, 3.63) is 0 Å². The lowest BCUT2D eigenvalue weighted by molar-refractivity contribution is -0.351. The Kier molecular flexibility index (Phi) is 2.64. The van der Waals surface area contributed by atoms with Crippen molar-refractivity contribution < 1.29 is 30.6 Å². The molecule has 1 saturated carbocycles. The first-order chi connectivity index (χ1) is 6.13. The Morgan fingerprint density at radius 3 is 1.86 bits per heavy atom. The van der Waals surface area contributed by atoms with E-state index in [4.69, 9.17) is 0 Å². The lowest BCUT2D eigenvalue weighted by Gasteiger charge is -2.50. The van der Waals surface area contributed by atoms with Crippen LogP contribution in [0.3, 0.4) is 0 Å². The first kappa shape index (κ1) is 11.8. The highest BCUT2D eigenvalue weighted by atomic mass is 16.5. The van der Waals surface area contributed by atoms with Crippen LogP contribution in [0.5, 0.6) is 0 Å². The second-order valence-electron chi connectivity index (χ2n) is 4.14. The van der Waals surface area contributed by atoms with Crippen molar-refractivity contribution in [2.75, 3.05) is 0 Å². The molecule has 0 bridgehead atoms. The summed E-state index contributed by atoms with van der Waals surface area (Å²) in [6.07, 6.45) is -5.08. The van der Waals surface area contributed by atoms with Gasteiger partial charge in [0, 0.05) is 5.92 Å². The predicted molar refractivity (Wildman–Crippen MR) is 45.0 cm³/mol. The second kappa shape index (κ2) is 3.13. The van der Waals surface area contributed by atoms with Crippen molar-refractivity contribution in [2.24, 2.45) is 5.92 Å². The number of hydrogen-bond donors (Lipinski definition) is 6. The Morgan fingerprint density at radius 1 is 1.00 bits per heavy atom. The van der Waals surface area contributed by atoms with E-state index in [1.165, 1.54) is 6.92 Å². The zero-order valence-electron chi connectivity index (χ0n) is 7.99. The topological polar surface area (TPSA) is 121 Å². The van der Waals surface area contributed by atoms with Crippen LogP contribution in [0, 0.1) is 5.92 Å². The predicted octanol–water partition coefficient (Wildman–Crippen LogP) is -2.85. The second-order valence-corrected chi connectivity index (χ2v) is 4.14. The van der Waals surface area contributed by atoms with Crippen LogP contribution < -0.4 is 0 Å². The van der Waals surface area contributed by atoms with E-state index >= 15 is 0 Å². The minimum absolute atomic E-state index is 1.03. The molecule has 5 atom stereocenters. The summed E-state index contributed by atoms with van der Waals surface area (Å²) in [4.78, 5) is 0. The average Bonchev–Trinajstić information content (AvgIpc) is 2.11. The summed E-state index contributed by atoms with van der Waals surface area (Å²) in [6, 6.07) is 0. The third-order valence-corrected chi connectivity index (χ3v) is 3.06. The van der Waals surface area contributed by atoms with Gasteiger partial charge >= 0.3 is 0 Å².